The number of carbonyl (C=O) groups is 1. The third-order valence-electron chi connectivity index (χ3n) is 10.2. The second-order valence-electron chi connectivity index (χ2n) is 13.1. The van der Waals surface area contributed by atoms with Gasteiger partial charge in [-0.15, -0.1) is 0 Å². The van der Waals surface area contributed by atoms with E-state index in [9.17, 15) is 4.79 Å². The van der Waals surface area contributed by atoms with Crippen molar-refractivity contribution in [1.29, 1.82) is 0 Å². The van der Waals surface area contributed by atoms with E-state index >= 15 is 0 Å². The van der Waals surface area contributed by atoms with Gasteiger partial charge in [-0.3, -0.25) is 4.79 Å². The van der Waals surface area contributed by atoms with E-state index in [-0.39, 0.29) is 16.8 Å². The van der Waals surface area contributed by atoms with Crippen molar-refractivity contribution in [2.45, 2.75) is 45.1 Å². The normalized spacial score (nSPS) is 18.3. The zero-order valence-corrected chi connectivity index (χ0v) is 31.0. The van der Waals surface area contributed by atoms with Gasteiger partial charge in [0.15, 0.2) is 11.5 Å². The molecule has 0 spiro atoms. The molecule has 4 aromatic rings. The molecule has 12 heteroatoms. The molecule has 1 amide bonds. The van der Waals surface area contributed by atoms with E-state index < -0.39 is 0 Å². The fraction of sp³-hybridized carbons (Fsp3) is 0.474. The number of methoxy groups -OCH3 is 2. The topological polar surface area (TPSA) is 104 Å². The van der Waals surface area contributed by atoms with Crippen molar-refractivity contribution in [3.8, 4) is 11.5 Å². The van der Waals surface area contributed by atoms with E-state index in [0.29, 0.717) is 53.4 Å². The number of imidazole rings is 1. The highest BCUT2D eigenvalue weighted by molar-refractivity contribution is 6.42. The van der Waals surface area contributed by atoms with Crippen molar-refractivity contribution < 1.29 is 24.5 Å². The molecule has 2 saturated heterocycles. The summed E-state index contributed by atoms with van der Waals surface area (Å²) in [6, 6.07) is 18.0. The predicted molar refractivity (Wildman–Crippen MR) is 201 cm³/mol. The molecule has 1 atom stereocenters. The first-order valence-corrected chi connectivity index (χ1v) is 18.0. The second-order valence-corrected chi connectivity index (χ2v) is 13.9. The molecule has 10 nitrogen and oxygen atoms in total. The van der Waals surface area contributed by atoms with Gasteiger partial charge < -0.3 is 39.0 Å². The number of rotatable bonds is 12. The molecular formula is C38H49Cl2N5O5. The summed E-state index contributed by atoms with van der Waals surface area (Å²) in [5.74, 6) is 2.21. The molecule has 0 unspecified atom stereocenters. The smallest absolute Gasteiger partial charge is 0.254 e. The lowest BCUT2D eigenvalue weighted by atomic mass is 9.76. The molecule has 0 aliphatic carbocycles. The quantitative estimate of drug-likeness (QED) is 0.159. The van der Waals surface area contributed by atoms with Crippen molar-refractivity contribution in [3.05, 3.63) is 81.3 Å². The van der Waals surface area contributed by atoms with Crippen LogP contribution in [0.3, 0.4) is 0 Å². The molecule has 2 aliphatic heterocycles. The van der Waals surface area contributed by atoms with Crippen LogP contribution in [-0.2, 0) is 16.7 Å². The van der Waals surface area contributed by atoms with Gasteiger partial charge in [0.1, 0.15) is 0 Å². The van der Waals surface area contributed by atoms with Crippen LogP contribution in [0.5, 0.6) is 11.5 Å². The Labute approximate surface area is 305 Å². The van der Waals surface area contributed by atoms with Crippen LogP contribution in [0.4, 0.5) is 5.95 Å². The highest BCUT2D eigenvalue weighted by Crippen LogP contribution is 2.41. The van der Waals surface area contributed by atoms with Gasteiger partial charge in [0.25, 0.3) is 5.91 Å². The molecule has 6 rings (SSSR count). The average Bonchev–Trinajstić information content (AvgIpc) is 3.63. The van der Waals surface area contributed by atoms with E-state index in [1.54, 1.807) is 20.3 Å². The number of para-hydroxylation sites is 2. The van der Waals surface area contributed by atoms with Gasteiger partial charge in [0.05, 0.1) is 41.9 Å². The molecule has 3 aromatic carbocycles. The molecule has 2 N–H and O–H groups in total. The number of ether oxygens (including phenoxy) is 3. The number of aryl methyl sites for hydroxylation is 1. The van der Waals surface area contributed by atoms with Crippen molar-refractivity contribution in [2.75, 3.05) is 78.1 Å². The van der Waals surface area contributed by atoms with Crippen LogP contribution in [-0.4, -0.2) is 104 Å². The lowest BCUT2D eigenvalue weighted by molar-refractivity contribution is 0.0780. The Kier molecular flexibility index (Phi) is 12.6. The van der Waals surface area contributed by atoms with Gasteiger partial charge >= 0.3 is 0 Å². The number of anilines is 1. The van der Waals surface area contributed by atoms with E-state index in [0.717, 1.165) is 86.6 Å². The first-order chi connectivity index (χ1) is 23.8. The molecule has 0 radical (unpaired) electrons. The minimum atomic E-state index is -0.255. The number of amides is 1. The monoisotopic (exact) mass is 725 g/mol. The number of benzene rings is 3. The summed E-state index contributed by atoms with van der Waals surface area (Å²) >= 11 is 13.0. The number of aromatic nitrogens is 2. The summed E-state index contributed by atoms with van der Waals surface area (Å²) in [5.41, 5.74) is 4.49. The van der Waals surface area contributed by atoms with Gasteiger partial charge in [0, 0.05) is 56.9 Å². The second kappa shape index (κ2) is 16.7. The number of nitrogens with zero attached hydrogens (tertiary/aromatic N) is 5. The number of carbonyl (C=O) groups excluding carboxylic acids is 1. The minimum Gasteiger partial charge on any atom is -0.493 e. The van der Waals surface area contributed by atoms with Crippen molar-refractivity contribution >= 4 is 46.1 Å². The summed E-state index contributed by atoms with van der Waals surface area (Å²) in [6.45, 7) is 12.0. The highest BCUT2D eigenvalue weighted by Gasteiger charge is 2.42. The van der Waals surface area contributed by atoms with Crippen LogP contribution in [0.1, 0.15) is 47.7 Å². The van der Waals surface area contributed by atoms with Crippen molar-refractivity contribution in [1.82, 2.24) is 19.4 Å². The maximum absolute atomic E-state index is 14.0. The third kappa shape index (κ3) is 7.85. The molecular weight excluding hydrogens is 677 g/mol. The van der Waals surface area contributed by atoms with Crippen LogP contribution in [0.2, 0.25) is 10.0 Å². The van der Waals surface area contributed by atoms with Gasteiger partial charge in [-0.05, 0) is 93.7 Å². The number of halogens is 2. The van der Waals surface area contributed by atoms with Crippen LogP contribution < -0.4 is 14.4 Å². The Morgan fingerprint density at radius 1 is 0.940 bits per heavy atom. The van der Waals surface area contributed by atoms with Gasteiger partial charge in [-0.2, -0.15) is 0 Å². The van der Waals surface area contributed by atoms with Crippen molar-refractivity contribution in [3.63, 3.8) is 0 Å². The number of fused-ring (bicyclic) bond motifs is 1. The zero-order valence-electron chi connectivity index (χ0n) is 29.5. The molecule has 1 aromatic heterocycles. The maximum atomic E-state index is 14.0. The number of hydrogen-bond donors (Lipinski definition) is 0. The van der Waals surface area contributed by atoms with E-state index in [2.05, 4.69) is 38.6 Å². The molecule has 3 heterocycles. The lowest BCUT2D eigenvalue weighted by Crippen LogP contribution is -2.39. The molecule has 0 bridgehead atoms. The molecule has 0 saturated carbocycles. The number of hydrogen-bond acceptors (Lipinski definition) is 7. The Morgan fingerprint density at radius 2 is 1.76 bits per heavy atom. The fourth-order valence-electron chi connectivity index (χ4n) is 7.51. The van der Waals surface area contributed by atoms with E-state index in [4.69, 9.17) is 42.4 Å². The lowest BCUT2D eigenvalue weighted by Gasteiger charge is -2.33. The Hall–Kier alpha value is -3.54. The Morgan fingerprint density at radius 3 is 2.52 bits per heavy atom. The molecule has 2 fully saturated rings. The largest absolute Gasteiger partial charge is 0.493 e. The van der Waals surface area contributed by atoms with Gasteiger partial charge in [-0.25, -0.2) is 4.98 Å². The third-order valence-corrected chi connectivity index (χ3v) is 10.9. The molecule has 270 valence electrons. The fourth-order valence-corrected chi connectivity index (χ4v) is 7.81. The van der Waals surface area contributed by atoms with Crippen molar-refractivity contribution in [2.24, 2.45) is 0 Å². The summed E-state index contributed by atoms with van der Waals surface area (Å²) in [7, 11) is 3.21. The van der Waals surface area contributed by atoms with E-state index in [1.165, 1.54) is 0 Å². The van der Waals surface area contributed by atoms with Crippen LogP contribution >= 0.6 is 23.2 Å². The van der Waals surface area contributed by atoms with E-state index in [1.807, 2.05) is 43.0 Å². The van der Waals surface area contributed by atoms with Crippen LogP contribution in [0.15, 0.2) is 54.6 Å². The standard InChI is InChI=1S/C38H47Cl2N5O4.H2O/c1-5-49-22-21-45-33-10-7-6-9-32(33)41-37(45)43-16-8-15-42(19-20-43)17-13-38(29-11-12-30(39)31(40)25-29)14-18-44(26-38)36(46)28-23-27(2)35(48-4)34(24-28)47-3;/h6-7,9-12,23-25H,5,8,13-22,26H2,1-4H3;1H2/t38-;/m1./s1. The first-order valence-electron chi connectivity index (χ1n) is 17.2. The predicted octanol–water partition coefficient (Wildman–Crippen LogP) is 6.27. The van der Waals surface area contributed by atoms with Gasteiger partial charge in [0.2, 0.25) is 5.95 Å². The Bertz CT molecular complexity index is 1780. The highest BCUT2D eigenvalue weighted by atomic mass is 35.5. The summed E-state index contributed by atoms with van der Waals surface area (Å²) < 4.78 is 19.1. The summed E-state index contributed by atoms with van der Waals surface area (Å²) in [4.78, 5) is 26.0. The van der Waals surface area contributed by atoms with Gasteiger partial charge in [-0.1, -0.05) is 41.4 Å². The molecule has 50 heavy (non-hydrogen) atoms. The average molecular weight is 727 g/mol. The van der Waals surface area contributed by atoms with Crippen LogP contribution in [0.25, 0.3) is 11.0 Å². The zero-order chi connectivity index (χ0) is 34.5. The minimum absolute atomic E-state index is 0. The first kappa shape index (κ1) is 37.7. The summed E-state index contributed by atoms with van der Waals surface area (Å²) in [5, 5.41) is 1.07. The Balaban J connectivity index is 0.00000486. The molecule has 2 aliphatic rings. The maximum Gasteiger partial charge on any atom is 0.254 e. The number of likely N-dealkylation sites (tertiary alicyclic amines) is 1. The van der Waals surface area contributed by atoms with Crippen LogP contribution in [0, 0.1) is 6.92 Å². The SMILES string of the molecule is CCOCCn1c(N2CCCN(CC[C@@]3(c4ccc(Cl)c(Cl)c4)CCN(C(=O)c4cc(C)c(OC)c(OC)c4)C3)CC2)nc2ccccc21.O. The summed E-state index contributed by atoms with van der Waals surface area (Å²) in [6.07, 6.45) is 2.77.